The van der Waals surface area contributed by atoms with Crippen LogP contribution in [-0.2, 0) is 5.60 Å². The van der Waals surface area contributed by atoms with Gasteiger partial charge in [0.15, 0.2) is 5.78 Å². The number of hydrogen-bond donors (Lipinski definition) is 1. The Bertz CT molecular complexity index is 792. The Morgan fingerprint density at radius 2 is 1.60 bits per heavy atom. The average molecular weight is 428 g/mol. The van der Waals surface area contributed by atoms with Crippen LogP contribution in [0.2, 0.25) is 0 Å². The van der Waals surface area contributed by atoms with E-state index in [1.165, 1.54) is 31.2 Å². The maximum absolute atomic E-state index is 12.5. The minimum atomic E-state index is -0.700. The molecule has 30 heavy (non-hydrogen) atoms. The van der Waals surface area contributed by atoms with E-state index in [4.69, 9.17) is 0 Å². The van der Waals surface area contributed by atoms with Gasteiger partial charge in [-0.3, -0.25) is 4.79 Å². The number of rotatable bonds is 7. The number of Topliss-reactive ketones (excluding diaryl/α,β-unsaturated/α-hetero) is 1. The minimum absolute atomic E-state index is 0. The van der Waals surface area contributed by atoms with E-state index < -0.39 is 5.60 Å². The SMILES string of the molecule is Cl.O=C(CCCN1CCC(O)(c2ccccc2)CC1)c1ccc(C2CCCC2)cc1. The Balaban J connectivity index is 0.00000256. The minimum Gasteiger partial charge on any atom is -0.385 e. The molecule has 0 unspecified atom stereocenters. The van der Waals surface area contributed by atoms with Crippen molar-refractivity contribution in [2.45, 2.75) is 62.9 Å². The van der Waals surface area contributed by atoms with Gasteiger partial charge in [-0.2, -0.15) is 0 Å². The first-order valence-corrected chi connectivity index (χ1v) is 11.3. The van der Waals surface area contributed by atoms with Crippen LogP contribution in [0.5, 0.6) is 0 Å². The van der Waals surface area contributed by atoms with Crippen LogP contribution in [-0.4, -0.2) is 35.4 Å². The van der Waals surface area contributed by atoms with E-state index in [1.54, 1.807) is 0 Å². The van der Waals surface area contributed by atoms with Crippen molar-refractivity contribution in [1.82, 2.24) is 4.90 Å². The predicted molar refractivity (Wildman–Crippen MR) is 124 cm³/mol. The summed E-state index contributed by atoms with van der Waals surface area (Å²) in [4.78, 5) is 14.9. The van der Waals surface area contributed by atoms with Crippen LogP contribution in [0.25, 0.3) is 0 Å². The normalized spacial score (nSPS) is 19.4. The van der Waals surface area contributed by atoms with E-state index in [1.807, 2.05) is 42.5 Å². The summed E-state index contributed by atoms with van der Waals surface area (Å²) in [5.41, 5.74) is 2.58. The molecule has 0 bridgehead atoms. The molecule has 1 heterocycles. The third-order valence-corrected chi connectivity index (χ3v) is 6.93. The van der Waals surface area contributed by atoms with Crippen molar-refractivity contribution in [1.29, 1.82) is 0 Å². The summed E-state index contributed by atoms with van der Waals surface area (Å²) in [5, 5.41) is 10.9. The van der Waals surface area contributed by atoms with Crippen molar-refractivity contribution in [3.63, 3.8) is 0 Å². The number of carbonyl (C=O) groups is 1. The Labute approximate surface area is 186 Å². The van der Waals surface area contributed by atoms with Gasteiger partial charge in [0.25, 0.3) is 0 Å². The molecule has 1 aliphatic heterocycles. The van der Waals surface area contributed by atoms with Crippen LogP contribution in [0.15, 0.2) is 54.6 Å². The molecule has 2 aliphatic rings. The zero-order valence-electron chi connectivity index (χ0n) is 17.8. The first kappa shape index (κ1) is 23.0. The van der Waals surface area contributed by atoms with Gasteiger partial charge in [0.2, 0.25) is 0 Å². The number of hydrogen-bond acceptors (Lipinski definition) is 3. The Morgan fingerprint density at radius 1 is 0.967 bits per heavy atom. The van der Waals surface area contributed by atoms with Crippen molar-refractivity contribution >= 4 is 18.2 Å². The number of nitrogens with zero attached hydrogens (tertiary/aromatic N) is 1. The average Bonchev–Trinajstić information content (AvgIpc) is 3.31. The molecule has 2 fully saturated rings. The van der Waals surface area contributed by atoms with Gasteiger partial charge in [-0.05, 0) is 55.7 Å². The molecular weight excluding hydrogens is 394 g/mol. The van der Waals surface area contributed by atoms with Gasteiger partial charge in [-0.25, -0.2) is 0 Å². The third-order valence-electron chi connectivity index (χ3n) is 6.93. The molecule has 0 aromatic heterocycles. The molecule has 1 saturated carbocycles. The second-order valence-corrected chi connectivity index (χ2v) is 8.87. The van der Waals surface area contributed by atoms with E-state index in [-0.39, 0.29) is 18.2 Å². The first-order chi connectivity index (χ1) is 14.1. The fourth-order valence-electron chi connectivity index (χ4n) is 4.99. The molecule has 2 aromatic rings. The number of ketones is 1. The summed E-state index contributed by atoms with van der Waals surface area (Å²) in [7, 11) is 0. The monoisotopic (exact) mass is 427 g/mol. The molecule has 0 radical (unpaired) electrons. The Morgan fingerprint density at radius 3 is 2.23 bits per heavy atom. The standard InChI is InChI=1S/C26H33NO2.ClH/c28-25(23-14-12-22(13-15-23)21-7-4-5-8-21)11-6-18-27-19-16-26(29,17-20-27)24-9-2-1-3-10-24;/h1-3,9-10,12-15,21,29H,4-8,11,16-20H2;1H. The fourth-order valence-corrected chi connectivity index (χ4v) is 4.99. The highest BCUT2D eigenvalue weighted by Crippen LogP contribution is 2.34. The summed E-state index contributed by atoms with van der Waals surface area (Å²) in [6, 6.07) is 18.4. The van der Waals surface area contributed by atoms with E-state index in [2.05, 4.69) is 17.0 Å². The lowest BCUT2D eigenvalue weighted by Gasteiger charge is -2.38. The number of carbonyl (C=O) groups excluding carboxylic acids is 1. The van der Waals surface area contributed by atoms with Crippen molar-refractivity contribution < 1.29 is 9.90 Å². The van der Waals surface area contributed by atoms with Crippen molar-refractivity contribution in [3.8, 4) is 0 Å². The Kier molecular flexibility index (Phi) is 8.10. The van der Waals surface area contributed by atoms with Crippen molar-refractivity contribution in [3.05, 3.63) is 71.3 Å². The van der Waals surface area contributed by atoms with Gasteiger partial charge in [0.1, 0.15) is 0 Å². The van der Waals surface area contributed by atoms with Crippen LogP contribution in [0.1, 0.15) is 78.8 Å². The molecule has 1 saturated heterocycles. The predicted octanol–water partition coefficient (Wildman–Crippen LogP) is 5.71. The van der Waals surface area contributed by atoms with E-state index in [9.17, 15) is 9.90 Å². The van der Waals surface area contributed by atoms with Crippen molar-refractivity contribution in [2.75, 3.05) is 19.6 Å². The van der Waals surface area contributed by atoms with Gasteiger partial charge in [-0.1, -0.05) is 67.4 Å². The van der Waals surface area contributed by atoms with Gasteiger partial charge < -0.3 is 10.0 Å². The molecular formula is C26H34ClNO2. The topological polar surface area (TPSA) is 40.5 Å². The second-order valence-electron chi connectivity index (χ2n) is 8.87. The fraction of sp³-hybridized carbons (Fsp3) is 0.500. The maximum Gasteiger partial charge on any atom is 0.162 e. The smallest absolute Gasteiger partial charge is 0.162 e. The molecule has 0 atom stereocenters. The molecule has 3 nitrogen and oxygen atoms in total. The number of benzene rings is 2. The molecule has 162 valence electrons. The molecule has 4 heteroatoms. The number of aliphatic hydroxyl groups is 1. The second kappa shape index (κ2) is 10.6. The summed E-state index contributed by atoms with van der Waals surface area (Å²) >= 11 is 0. The largest absolute Gasteiger partial charge is 0.385 e. The summed E-state index contributed by atoms with van der Waals surface area (Å²) in [6.45, 7) is 2.70. The first-order valence-electron chi connectivity index (χ1n) is 11.3. The van der Waals surface area contributed by atoms with Crippen LogP contribution in [0, 0.1) is 0 Å². The molecule has 0 amide bonds. The zero-order valence-corrected chi connectivity index (χ0v) is 18.6. The lowest BCUT2D eigenvalue weighted by Crippen LogP contribution is -2.42. The van der Waals surface area contributed by atoms with Crippen molar-refractivity contribution in [2.24, 2.45) is 0 Å². The highest BCUT2D eigenvalue weighted by Gasteiger charge is 2.33. The highest BCUT2D eigenvalue weighted by molar-refractivity contribution is 5.96. The number of likely N-dealkylation sites (tertiary alicyclic amines) is 1. The van der Waals surface area contributed by atoms with Gasteiger partial charge >= 0.3 is 0 Å². The van der Waals surface area contributed by atoms with E-state index in [0.29, 0.717) is 12.3 Å². The highest BCUT2D eigenvalue weighted by atomic mass is 35.5. The third kappa shape index (κ3) is 5.51. The summed E-state index contributed by atoms with van der Waals surface area (Å²) in [6.07, 6.45) is 8.26. The van der Waals surface area contributed by atoms with Gasteiger partial charge in [0.05, 0.1) is 5.60 Å². The van der Waals surface area contributed by atoms with Crippen LogP contribution < -0.4 is 0 Å². The van der Waals surface area contributed by atoms with Gasteiger partial charge in [-0.15, -0.1) is 12.4 Å². The molecule has 1 N–H and O–H groups in total. The number of halogens is 1. The quantitative estimate of drug-likeness (QED) is 0.575. The Hall–Kier alpha value is -1.68. The van der Waals surface area contributed by atoms with Gasteiger partial charge in [0, 0.05) is 25.1 Å². The summed E-state index contributed by atoms with van der Waals surface area (Å²) in [5.74, 6) is 0.952. The van der Waals surface area contributed by atoms with E-state index >= 15 is 0 Å². The van der Waals surface area contributed by atoms with Crippen LogP contribution in [0.4, 0.5) is 0 Å². The molecule has 1 aliphatic carbocycles. The molecule has 0 spiro atoms. The van der Waals surface area contributed by atoms with E-state index in [0.717, 1.165) is 50.0 Å². The van der Waals surface area contributed by atoms with Crippen LogP contribution in [0.3, 0.4) is 0 Å². The lowest BCUT2D eigenvalue weighted by molar-refractivity contribution is -0.0260. The number of piperidine rings is 1. The zero-order chi connectivity index (χ0) is 20.1. The maximum atomic E-state index is 12.5. The molecule has 2 aromatic carbocycles. The summed E-state index contributed by atoms with van der Waals surface area (Å²) < 4.78 is 0. The lowest BCUT2D eigenvalue weighted by atomic mass is 9.84. The molecule has 4 rings (SSSR count). The van der Waals surface area contributed by atoms with Crippen LogP contribution >= 0.6 is 12.4 Å².